The van der Waals surface area contributed by atoms with E-state index in [9.17, 15) is 8.78 Å². The number of benzene rings is 1. The molecule has 0 spiro atoms. The zero-order valence-corrected chi connectivity index (χ0v) is 11.9. The number of hydrogen-bond donors (Lipinski definition) is 1. The predicted molar refractivity (Wildman–Crippen MR) is 73.8 cm³/mol. The molecular weight excluding hydrogens is 314 g/mol. The van der Waals surface area contributed by atoms with Crippen LogP contribution in [0.2, 0.25) is 0 Å². The van der Waals surface area contributed by atoms with Crippen LogP contribution in [0.4, 0.5) is 8.78 Å². The van der Waals surface area contributed by atoms with Crippen LogP contribution in [0.25, 0.3) is 0 Å². The molecule has 0 bridgehead atoms. The van der Waals surface area contributed by atoms with Gasteiger partial charge >= 0.3 is 0 Å². The summed E-state index contributed by atoms with van der Waals surface area (Å²) in [4.78, 5) is 3.74. The van der Waals surface area contributed by atoms with Crippen LogP contribution in [-0.4, -0.2) is 12.0 Å². The molecule has 0 radical (unpaired) electrons. The minimum atomic E-state index is -0.347. The van der Waals surface area contributed by atoms with E-state index in [1.165, 1.54) is 18.3 Å². The van der Waals surface area contributed by atoms with Crippen molar-refractivity contribution in [3.8, 4) is 0 Å². The molecule has 1 aromatic heterocycles. The number of hydrogen-bond acceptors (Lipinski definition) is 2. The van der Waals surface area contributed by atoms with Gasteiger partial charge in [0.05, 0.1) is 6.20 Å². The van der Waals surface area contributed by atoms with E-state index in [2.05, 4.69) is 26.2 Å². The van der Waals surface area contributed by atoms with Gasteiger partial charge in [0, 0.05) is 22.3 Å². The van der Waals surface area contributed by atoms with Gasteiger partial charge in [-0.2, -0.15) is 0 Å². The first-order valence-electron chi connectivity index (χ1n) is 5.82. The predicted octanol–water partition coefficient (Wildman–Crippen LogP) is 3.63. The van der Waals surface area contributed by atoms with Crippen LogP contribution in [0.1, 0.15) is 17.2 Å². The van der Waals surface area contributed by atoms with Crippen molar-refractivity contribution in [3.63, 3.8) is 0 Å². The Labute approximate surface area is 119 Å². The normalized spacial score (nSPS) is 12.4. The van der Waals surface area contributed by atoms with Gasteiger partial charge in [0.25, 0.3) is 0 Å². The van der Waals surface area contributed by atoms with E-state index in [4.69, 9.17) is 0 Å². The van der Waals surface area contributed by atoms with Gasteiger partial charge < -0.3 is 5.32 Å². The van der Waals surface area contributed by atoms with E-state index in [0.29, 0.717) is 16.5 Å². The molecule has 0 saturated heterocycles. The third-order valence-electron chi connectivity index (χ3n) is 2.97. The van der Waals surface area contributed by atoms with Crippen LogP contribution in [0.15, 0.2) is 41.1 Å². The average Bonchev–Trinajstić information content (AvgIpc) is 2.39. The van der Waals surface area contributed by atoms with Crippen LogP contribution in [0, 0.1) is 11.6 Å². The second-order valence-electron chi connectivity index (χ2n) is 4.18. The summed E-state index contributed by atoms with van der Waals surface area (Å²) in [5.74, 6) is -0.646. The number of rotatable bonds is 4. The summed E-state index contributed by atoms with van der Waals surface area (Å²) in [5, 5.41) is 3.07. The maximum absolute atomic E-state index is 13.7. The zero-order chi connectivity index (χ0) is 13.8. The van der Waals surface area contributed by atoms with Gasteiger partial charge in [-0.15, -0.1) is 0 Å². The highest BCUT2D eigenvalue weighted by atomic mass is 79.9. The molecule has 0 aliphatic rings. The van der Waals surface area contributed by atoms with E-state index in [-0.39, 0.29) is 17.7 Å². The Hall–Kier alpha value is -1.33. The maximum atomic E-state index is 13.7. The third kappa shape index (κ3) is 3.36. The Kier molecular flexibility index (Phi) is 4.61. The number of pyridine rings is 1. The Balaban J connectivity index is 2.27. The minimum Gasteiger partial charge on any atom is -0.313 e. The van der Waals surface area contributed by atoms with Crippen LogP contribution < -0.4 is 5.32 Å². The largest absolute Gasteiger partial charge is 0.313 e. The molecule has 100 valence electrons. The van der Waals surface area contributed by atoms with Gasteiger partial charge in [0.15, 0.2) is 0 Å². The van der Waals surface area contributed by atoms with Gasteiger partial charge in [0.2, 0.25) is 0 Å². The highest BCUT2D eigenvalue weighted by Gasteiger charge is 2.16. The zero-order valence-electron chi connectivity index (χ0n) is 10.3. The second kappa shape index (κ2) is 6.21. The first-order chi connectivity index (χ1) is 9.11. The van der Waals surface area contributed by atoms with E-state index in [1.54, 1.807) is 25.4 Å². The molecule has 0 saturated carbocycles. The lowest BCUT2D eigenvalue weighted by Crippen LogP contribution is -2.20. The lowest BCUT2D eigenvalue weighted by molar-refractivity contribution is 0.529. The van der Waals surface area contributed by atoms with Crippen LogP contribution >= 0.6 is 15.9 Å². The summed E-state index contributed by atoms with van der Waals surface area (Å²) >= 11 is 3.32. The third-order valence-corrected chi connectivity index (χ3v) is 3.71. The fraction of sp³-hybridized carbons (Fsp3) is 0.214. The molecule has 0 amide bonds. The number of likely N-dealkylation sites (N-methyl/N-ethyl adjacent to an activating group) is 1. The molecule has 1 aromatic carbocycles. The topological polar surface area (TPSA) is 24.9 Å². The van der Waals surface area contributed by atoms with Crippen molar-refractivity contribution >= 4 is 15.9 Å². The summed E-state index contributed by atoms with van der Waals surface area (Å²) in [6.07, 6.45) is 3.31. The summed E-state index contributed by atoms with van der Waals surface area (Å²) < 4.78 is 27.4. The first-order valence-corrected chi connectivity index (χ1v) is 6.61. The first kappa shape index (κ1) is 14.1. The van der Waals surface area contributed by atoms with Crippen molar-refractivity contribution in [2.24, 2.45) is 0 Å². The molecule has 1 atom stereocenters. The minimum absolute atomic E-state index is 0.190. The fourth-order valence-electron chi connectivity index (χ4n) is 1.94. The number of nitrogens with zero attached hydrogens (tertiary/aromatic N) is 1. The molecule has 0 aliphatic heterocycles. The molecule has 2 nitrogen and oxygen atoms in total. The highest BCUT2D eigenvalue weighted by Crippen LogP contribution is 2.25. The van der Waals surface area contributed by atoms with Gasteiger partial charge in [-0.1, -0.05) is 22.0 Å². The summed E-state index contributed by atoms with van der Waals surface area (Å²) in [7, 11) is 1.77. The molecular formula is C14H13BrF2N2. The maximum Gasteiger partial charge on any atom is 0.146 e. The van der Waals surface area contributed by atoms with Crippen molar-refractivity contribution in [3.05, 3.63) is 63.9 Å². The lowest BCUT2D eigenvalue weighted by atomic mass is 9.99. The average molecular weight is 327 g/mol. The SMILES string of the molecule is CNC(Cc1ccc(F)cc1Br)c1ccncc1F. The van der Waals surface area contributed by atoms with E-state index >= 15 is 0 Å². The van der Waals surface area contributed by atoms with Crippen molar-refractivity contribution in [1.82, 2.24) is 10.3 Å². The summed E-state index contributed by atoms with van der Waals surface area (Å²) in [6, 6.07) is 5.96. The molecule has 1 unspecified atom stereocenters. The van der Waals surface area contributed by atoms with Crippen molar-refractivity contribution in [1.29, 1.82) is 0 Å². The van der Waals surface area contributed by atoms with Gasteiger partial charge in [-0.3, -0.25) is 4.98 Å². The Bertz CT molecular complexity index is 575. The second-order valence-corrected chi connectivity index (χ2v) is 5.03. The smallest absolute Gasteiger partial charge is 0.146 e. The number of halogens is 3. The van der Waals surface area contributed by atoms with Crippen LogP contribution in [0.3, 0.4) is 0 Å². The molecule has 1 N–H and O–H groups in total. The van der Waals surface area contributed by atoms with E-state index in [1.807, 2.05) is 0 Å². The van der Waals surface area contributed by atoms with Gasteiger partial charge in [-0.25, -0.2) is 8.78 Å². The number of aromatic nitrogens is 1. The standard InChI is InChI=1S/C14H13BrF2N2/c1-18-14(11-4-5-19-8-13(11)17)6-9-2-3-10(16)7-12(9)15/h2-5,7-8,14,18H,6H2,1H3. The van der Waals surface area contributed by atoms with E-state index in [0.717, 1.165) is 5.56 Å². The Morgan fingerprint density at radius 3 is 2.74 bits per heavy atom. The molecule has 19 heavy (non-hydrogen) atoms. The van der Waals surface area contributed by atoms with Gasteiger partial charge in [0.1, 0.15) is 11.6 Å². The van der Waals surface area contributed by atoms with Crippen LogP contribution in [-0.2, 0) is 6.42 Å². The molecule has 2 aromatic rings. The lowest BCUT2D eigenvalue weighted by Gasteiger charge is -2.18. The van der Waals surface area contributed by atoms with E-state index < -0.39 is 0 Å². The Morgan fingerprint density at radius 2 is 2.11 bits per heavy atom. The molecule has 0 aliphatic carbocycles. The van der Waals surface area contributed by atoms with Crippen molar-refractivity contribution in [2.75, 3.05) is 7.05 Å². The van der Waals surface area contributed by atoms with Crippen LogP contribution in [0.5, 0.6) is 0 Å². The summed E-state index contributed by atoms with van der Waals surface area (Å²) in [6.45, 7) is 0. The molecule has 2 rings (SSSR count). The highest BCUT2D eigenvalue weighted by molar-refractivity contribution is 9.10. The Morgan fingerprint density at radius 1 is 1.32 bits per heavy atom. The monoisotopic (exact) mass is 326 g/mol. The van der Waals surface area contributed by atoms with Crippen molar-refractivity contribution in [2.45, 2.75) is 12.5 Å². The molecule has 1 heterocycles. The molecule has 0 fully saturated rings. The van der Waals surface area contributed by atoms with Crippen molar-refractivity contribution < 1.29 is 8.78 Å². The summed E-state index contributed by atoms with van der Waals surface area (Å²) in [5.41, 5.74) is 1.46. The van der Waals surface area contributed by atoms with Gasteiger partial charge in [-0.05, 0) is 37.2 Å². The number of nitrogens with one attached hydrogen (secondary N) is 1. The molecule has 5 heteroatoms. The fourth-order valence-corrected chi connectivity index (χ4v) is 2.46. The quantitative estimate of drug-likeness (QED) is 0.928.